The molecule has 210 valence electrons. The van der Waals surface area contributed by atoms with E-state index >= 15 is 0 Å². The molecule has 0 atom stereocenters. The van der Waals surface area contributed by atoms with E-state index in [2.05, 4.69) is 22.1 Å². The summed E-state index contributed by atoms with van der Waals surface area (Å²) in [6.07, 6.45) is 5.34. The fourth-order valence-corrected chi connectivity index (χ4v) is 6.27. The fraction of sp³-hybridized carbons (Fsp3) is 0. The lowest BCUT2D eigenvalue weighted by atomic mass is 10.1. The highest BCUT2D eigenvalue weighted by Crippen LogP contribution is 2.37. The Morgan fingerprint density at radius 3 is 1.31 bits per heavy atom. The summed E-state index contributed by atoms with van der Waals surface area (Å²) in [6.45, 7) is 0. The topological polar surface area (TPSA) is 116 Å². The van der Waals surface area contributed by atoms with E-state index in [1.54, 1.807) is 12.5 Å². The van der Waals surface area contributed by atoms with Gasteiger partial charge in [-0.05, 0) is 0 Å². The molecule has 10 nitrogen and oxygen atoms in total. The standard InChI is InChI=1S/C35H20N10/c1-2-10-21-20(9-1)28-37-29(21)39-31-23-12-4-6-14-25(23)33(41-31)43-35-27-16-8-7-15-26(27)34(45(35)44-18-17-36-19-44)42-32-24-13-5-3-11-22(24)30(38-28)40-32/h1-19H,(H,37,38,39,40,41,42,43). The number of fused-ring (bicyclic) bond motifs is 20. The molecule has 8 bridgehead atoms. The largest absolute Gasteiger partial charge is 0.324 e. The molecule has 8 aromatic rings. The summed E-state index contributed by atoms with van der Waals surface area (Å²) >= 11 is 0. The van der Waals surface area contributed by atoms with Crippen molar-refractivity contribution in [1.29, 1.82) is 0 Å². The summed E-state index contributed by atoms with van der Waals surface area (Å²) in [5.41, 5.74) is 6.27. The summed E-state index contributed by atoms with van der Waals surface area (Å²) in [5, 5.41) is 3.72. The maximum absolute atomic E-state index is 5.24. The molecule has 4 aromatic heterocycles. The zero-order chi connectivity index (χ0) is 29.5. The van der Waals surface area contributed by atoms with Crippen molar-refractivity contribution >= 4 is 44.1 Å². The van der Waals surface area contributed by atoms with E-state index < -0.39 is 0 Å². The monoisotopic (exact) mass is 580 g/mol. The number of nitrogens with zero attached hydrogens (tertiary/aromatic N) is 9. The van der Waals surface area contributed by atoms with Gasteiger partial charge in [-0.2, -0.15) is 0 Å². The van der Waals surface area contributed by atoms with E-state index in [4.69, 9.17) is 29.9 Å². The summed E-state index contributed by atoms with van der Waals surface area (Å²) in [4.78, 5) is 38.5. The van der Waals surface area contributed by atoms with Crippen LogP contribution in [0.1, 0.15) is 0 Å². The maximum atomic E-state index is 5.24. The van der Waals surface area contributed by atoms with Crippen LogP contribution in [-0.4, -0.2) is 49.2 Å². The summed E-state index contributed by atoms with van der Waals surface area (Å²) in [6, 6.07) is 32.3. The number of hydrogen-bond donors (Lipinski definition) is 1. The Morgan fingerprint density at radius 1 is 0.444 bits per heavy atom. The van der Waals surface area contributed by atoms with E-state index in [9.17, 15) is 0 Å². The lowest BCUT2D eigenvalue weighted by Gasteiger charge is -2.06. The third-order valence-corrected chi connectivity index (χ3v) is 8.31. The van der Waals surface area contributed by atoms with Gasteiger partial charge in [0.15, 0.2) is 34.6 Å². The van der Waals surface area contributed by atoms with Gasteiger partial charge in [0.05, 0.1) is 0 Å². The molecule has 10 rings (SSSR count). The highest BCUT2D eigenvalue weighted by atomic mass is 15.5. The smallest absolute Gasteiger partial charge is 0.164 e. The van der Waals surface area contributed by atoms with E-state index in [-0.39, 0.29) is 0 Å². The molecule has 0 aliphatic carbocycles. The molecule has 6 heterocycles. The number of rotatable bonds is 1. The van der Waals surface area contributed by atoms with Crippen molar-refractivity contribution < 1.29 is 0 Å². The highest BCUT2D eigenvalue weighted by molar-refractivity contribution is 6.06. The predicted molar refractivity (Wildman–Crippen MR) is 173 cm³/mol. The molecule has 0 amide bonds. The molecular formula is C35H20N10. The molecule has 2 aliphatic heterocycles. The molecule has 0 unspecified atom stereocenters. The van der Waals surface area contributed by atoms with Gasteiger partial charge in [-0.15, -0.1) is 0 Å². The van der Waals surface area contributed by atoms with Crippen LogP contribution in [0, 0.1) is 0 Å². The third-order valence-electron chi connectivity index (χ3n) is 8.31. The van der Waals surface area contributed by atoms with Gasteiger partial charge in [-0.25, -0.2) is 44.2 Å². The number of aromatic amines is 1. The summed E-state index contributed by atoms with van der Waals surface area (Å²) < 4.78 is 3.83. The molecule has 0 saturated heterocycles. The Bertz CT molecular complexity index is 2500. The molecule has 1 N–H and O–H groups in total. The second-order valence-corrected chi connectivity index (χ2v) is 10.9. The van der Waals surface area contributed by atoms with Crippen LogP contribution in [0.5, 0.6) is 0 Å². The third kappa shape index (κ3) is 3.47. The molecule has 0 radical (unpaired) electrons. The van der Waals surface area contributed by atoms with Crippen LogP contribution in [0.4, 0.5) is 0 Å². The van der Waals surface area contributed by atoms with Crippen LogP contribution in [0.15, 0.2) is 116 Å². The molecule has 4 aromatic carbocycles. The number of benzene rings is 4. The Balaban J connectivity index is 1.47. The van der Waals surface area contributed by atoms with E-state index in [0.29, 0.717) is 45.9 Å². The predicted octanol–water partition coefficient (Wildman–Crippen LogP) is 6.85. The van der Waals surface area contributed by atoms with Gasteiger partial charge in [0, 0.05) is 56.2 Å². The van der Waals surface area contributed by atoms with Crippen LogP contribution in [0.3, 0.4) is 0 Å². The summed E-state index contributed by atoms with van der Waals surface area (Å²) in [7, 11) is 0. The van der Waals surface area contributed by atoms with Gasteiger partial charge >= 0.3 is 0 Å². The molecule has 0 fully saturated rings. The SMILES string of the molecule is c1ccc2c(c1)-c1nc-2nc2c3ccccc3c(nc3nc(nc4[nH]c(n1)c1ccccc41)-c1ccccc1-3)n2-n1ccnc1. The van der Waals surface area contributed by atoms with Crippen molar-refractivity contribution in [1.82, 2.24) is 49.2 Å². The van der Waals surface area contributed by atoms with Gasteiger partial charge in [0.2, 0.25) is 0 Å². The average molecular weight is 581 g/mol. The van der Waals surface area contributed by atoms with Crippen molar-refractivity contribution in [3.05, 3.63) is 116 Å². The first-order valence-corrected chi connectivity index (χ1v) is 14.5. The van der Waals surface area contributed by atoms with Crippen LogP contribution >= 0.6 is 0 Å². The number of aromatic nitrogens is 10. The number of imidazole rings is 1. The first-order chi connectivity index (χ1) is 22.3. The average Bonchev–Trinajstić information content (AvgIpc) is 3.91. The quantitative estimate of drug-likeness (QED) is 0.226. The van der Waals surface area contributed by atoms with Gasteiger partial charge in [0.1, 0.15) is 17.6 Å². The van der Waals surface area contributed by atoms with Gasteiger partial charge < -0.3 is 4.98 Å². The maximum Gasteiger partial charge on any atom is 0.164 e. The number of H-pyrrole nitrogens is 1. The van der Waals surface area contributed by atoms with Crippen molar-refractivity contribution in [3.8, 4) is 45.6 Å². The van der Waals surface area contributed by atoms with Crippen LogP contribution in [-0.2, 0) is 0 Å². The minimum Gasteiger partial charge on any atom is -0.324 e. The number of hydrogen-bond acceptors (Lipinski definition) is 7. The van der Waals surface area contributed by atoms with E-state index in [1.165, 1.54) is 0 Å². The van der Waals surface area contributed by atoms with Crippen molar-refractivity contribution in [2.45, 2.75) is 0 Å². The minimum absolute atomic E-state index is 0.563. The normalized spacial score (nSPS) is 12.0. The van der Waals surface area contributed by atoms with Gasteiger partial charge in [0.25, 0.3) is 0 Å². The zero-order valence-corrected chi connectivity index (χ0v) is 23.5. The first-order valence-electron chi connectivity index (χ1n) is 14.5. The fourth-order valence-electron chi connectivity index (χ4n) is 6.27. The second-order valence-electron chi connectivity index (χ2n) is 10.9. The minimum atomic E-state index is 0.563. The molecule has 0 saturated carbocycles. The summed E-state index contributed by atoms with van der Waals surface area (Å²) in [5.74, 6) is 2.27. The molecule has 0 spiro atoms. The van der Waals surface area contributed by atoms with Gasteiger partial charge in [-0.1, -0.05) is 97.1 Å². The number of nitrogens with one attached hydrogen (secondary N) is 1. The molecular weight excluding hydrogens is 560 g/mol. The molecule has 45 heavy (non-hydrogen) atoms. The Hall–Kier alpha value is -6.55. The Kier molecular flexibility index (Phi) is 4.78. The van der Waals surface area contributed by atoms with E-state index in [0.717, 1.165) is 43.8 Å². The first kappa shape index (κ1) is 24.0. The second kappa shape index (κ2) is 8.98. The Morgan fingerprint density at radius 2 is 0.867 bits per heavy atom. The van der Waals surface area contributed by atoms with Gasteiger partial charge in [-0.3, -0.25) is 0 Å². The Labute approximate surface area is 254 Å². The van der Waals surface area contributed by atoms with Crippen LogP contribution in [0.25, 0.3) is 89.7 Å². The lowest BCUT2D eigenvalue weighted by Crippen LogP contribution is -2.08. The van der Waals surface area contributed by atoms with E-state index in [1.807, 2.05) is 100 Å². The highest BCUT2D eigenvalue weighted by Gasteiger charge is 2.23. The molecule has 10 heteroatoms. The van der Waals surface area contributed by atoms with Crippen molar-refractivity contribution in [2.24, 2.45) is 0 Å². The van der Waals surface area contributed by atoms with Crippen LogP contribution in [0.2, 0.25) is 0 Å². The van der Waals surface area contributed by atoms with Crippen molar-refractivity contribution in [2.75, 3.05) is 0 Å². The zero-order valence-electron chi connectivity index (χ0n) is 23.5. The van der Waals surface area contributed by atoms with Crippen LogP contribution < -0.4 is 0 Å². The van der Waals surface area contributed by atoms with Crippen molar-refractivity contribution in [3.63, 3.8) is 0 Å². The molecule has 2 aliphatic rings. The lowest BCUT2D eigenvalue weighted by molar-refractivity contribution is 0.697.